The Morgan fingerprint density at radius 2 is 1.71 bits per heavy atom. The van der Waals surface area contributed by atoms with Gasteiger partial charge in [-0.2, -0.15) is 13.9 Å². The van der Waals surface area contributed by atoms with Crippen LogP contribution in [0, 0.1) is 0 Å². The number of alkyl halides is 2. The fourth-order valence-electron chi connectivity index (χ4n) is 5.74. The standard InChI is InChI=1S/C27H29F2N5O3S/c28-27(29)33-17-21(16-31-33)25-18-34(38(35,36)23-4-2-1-3-5-23)26-24(25)14-20(15-30-26)19-6-8-22(9-7-19)32-10-12-37-13-11-32/h1-5,14-19,22,27H,6-13H2. The van der Waals surface area contributed by atoms with Gasteiger partial charge >= 0.3 is 6.55 Å². The molecule has 1 aliphatic heterocycles. The van der Waals surface area contributed by atoms with Gasteiger partial charge in [0.15, 0.2) is 5.65 Å². The Bertz CT molecular complexity index is 1520. The van der Waals surface area contributed by atoms with E-state index in [1.807, 2.05) is 6.07 Å². The zero-order chi connectivity index (χ0) is 26.3. The van der Waals surface area contributed by atoms with E-state index in [0.29, 0.717) is 33.2 Å². The summed E-state index contributed by atoms with van der Waals surface area (Å²) in [5.41, 5.74) is 2.21. The Morgan fingerprint density at radius 1 is 0.974 bits per heavy atom. The van der Waals surface area contributed by atoms with E-state index >= 15 is 0 Å². The van der Waals surface area contributed by atoms with Crippen LogP contribution in [-0.2, 0) is 14.8 Å². The molecule has 1 aliphatic carbocycles. The highest BCUT2D eigenvalue weighted by molar-refractivity contribution is 7.90. The third-order valence-corrected chi connectivity index (χ3v) is 9.44. The minimum absolute atomic E-state index is 0.124. The van der Waals surface area contributed by atoms with Crippen molar-refractivity contribution in [1.29, 1.82) is 0 Å². The van der Waals surface area contributed by atoms with Crippen molar-refractivity contribution in [2.75, 3.05) is 26.3 Å². The molecule has 200 valence electrons. The van der Waals surface area contributed by atoms with E-state index in [-0.39, 0.29) is 10.5 Å². The lowest BCUT2D eigenvalue weighted by molar-refractivity contribution is 0.00729. The van der Waals surface area contributed by atoms with Gasteiger partial charge < -0.3 is 4.74 Å². The maximum atomic E-state index is 13.5. The van der Waals surface area contributed by atoms with E-state index < -0.39 is 16.6 Å². The van der Waals surface area contributed by atoms with Gasteiger partial charge in [-0.05, 0) is 55.4 Å². The lowest BCUT2D eigenvalue weighted by Gasteiger charge is -2.38. The number of nitrogens with zero attached hydrogens (tertiary/aromatic N) is 5. The van der Waals surface area contributed by atoms with Gasteiger partial charge in [0.05, 0.1) is 24.3 Å². The molecule has 6 rings (SSSR count). The first kappa shape index (κ1) is 25.1. The normalized spacial score (nSPS) is 21.3. The van der Waals surface area contributed by atoms with Crippen molar-refractivity contribution in [3.05, 3.63) is 66.7 Å². The second-order valence-electron chi connectivity index (χ2n) is 9.94. The molecule has 0 unspecified atom stereocenters. The van der Waals surface area contributed by atoms with Crippen LogP contribution in [0.3, 0.4) is 0 Å². The number of rotatable bonds is 6. The molecule has 8 nitrogen and oxygen atoms in total. The Hall–Kier alpha value is -3.15. The summed E-state index contributed by atoms with van der Waals surface area (Å²) in [5, 5.41) is 4.37. The van der Waals surface area contributed by atoms with Crippen molar-refractivity contribution in [3.63, 3.8) is 0 Å². The number of morpholine rings is 1. The molecule has 0 N–H and O–H groups in total. The van der Waals surface area contributed by atoms with E-state index in [1.54, 1.807) is 24.4 Å². The molecule has 0 atom stereocenters. The molecule has 0 amide bonds. The van der Waals surface area contributed by atoms with Crippen LogP contribution in [0.1, 0.15) is 43.7 Å². The zero-order valence-electron chi connectivity index (χ0n) is 20.8. The van der Waals surface area contributed by atoms with Crippen molar-refractivity contribution < 1.29 is 21.9 Å². The summed E-state index contributed by atoms with van der Waals surface area (Å²) in [5.74, 6) is 0.301. The molecule has 4 aromatic rings. The quantitative estimate of drug-likeness (QED) is 0.346. The number of benzene rings is 1. The molecular formula is C27H29F2N5O3S. The average Bonchev–Trinajstić information content (AvgIpc) is 3.60. The molecule has 1 saturated carbocycles. The van der Waals surface area contributed by atoms with E-state index in [4.69, 9.17) is 4.74 Å². The Morgan fingerprint density at radius 3 is 2.39 bits per heavy atom. The molecule has 3 aromatic heterocycles. The number of aromatic nitrogens is 4. The van der Waals surface area contributed by atoms with Gasteiger partial charge in [0, 0.05) is 54.2 Å². The first-order valence-corrected chi connectivity index (χ1v) is 14.3. The van der Waals surface area contributed by atoms with E-state index in [1.165, 1.54) is 30.7 Å². The van der Waals surface area contributed by atoms with Crippen molar-refractivity contribution >= 4 is 21.1 Å². The van der Waals surface area contributed by atoms with E-state index in [9.17, 15) is 17.2 Å². The lowest BCUT2D eigenvalue weighted by atomic mass is 9.81. The van der Waals surface area contributed by atoms with Gasteiger partial charge in [0.25, 0.3) is 10.0 Å². The second-order valence-corrected chi connectivity index (χ2v) is 11.8. The molecule has 38 heavy (non-hydrogen) atoms. The van der Waals surface area contributed by atoms with Crippen LogP contribution in [-0.4, -0.2) is 64.4 Å². The van der Waals surface area contributed by atoms with Crippen LogP contribution >= 0.6 is 0 Å². The van der Waals surface area contributed by atoms with Crippen LogP contribution in [0.5, 0.6) is 0 Å². The topological polar surface area (TPSA) is 82.2 Å². The maximum absolute atomic E-state index is 13.5. The van der Waals surface area contributed by atoms with Crippen LogP contribution in [0.25, 0.3) is 22.2 Å². The number of halogens is 2. The summed E-state index contributed by atoms with van der Waals surface area (Å²) in [6.07, 6.45) is 9.99. The average molecular weight is 542 g/mol. The first-order chi connectivity index (χ1) is 18.4. The highest BCUT2D eigenvalue weighted by Crippen LogP contribution is 2.38. The molecular weight excluding hydrogens is 512 g/mol. The molecule has 4 heterocycles. The monoisotopic (exact) mass is 541 g/mol. The fourth-order valence-corrected chi connectivity index (χ4v) is 7.08. The molecule has 1 aromatic carbocycles. The second kappa shape index (κ2) is 10.2. The first-order valence-electron chi connectivity index (χ1n) is 12.9. The summed E-state index contributed by atoms with van der Waals surface area (Å²) < 4.78 is 60.9. The molecule has 1 saturated heterocycles. The van der Waals surface area contributed by atoms with Crippen LogP contribution in [0.15, 0.2) is 66.1 Å². The van der Waals surface area contributed by atoms with Gasteiger partial charge in [0.1, 0.15) is 0 Å². The van der Waals surface area contributed by atoms with Crippen molar-refractivity contribution in [1.82, 2.24) is 23.6 Å². The SMILES string of the molecule is O=S(=O)(c1ccccc1)n1cc(-c2cnn(C(F)F)c2)c2cc(C3CCC(N4CCOCC4)CC3)cnc21. The minimum Gasteiger partial charge on any atom is -0.379 e. The third kappa shape index (κ3) is 4.63. The van der Waals surface area contributed by atoms with Gasteiger partial charge in [0.2, 0.25) is 0 Å². The van der Waals surface area contributed by atoms with Crippen LogP contribution in [0.4, 0.5) is 8.78 Å². The van der Waals surface area contributed by atoms with E-state index in [0.717, 1.165) is 61.5 Å². The van der Waals surface area contributed by atoms with Gasteiger partial charge in [-0.3, -0.25) is 4.90 Å². The number of hydrogen-bond donors (Lipinski definition) is 0. The summed E-state index contributed by atoms with van der Waals surface area (Å²) >= 11 is 0. The van der Waals surface area contributed by atoms with Crippen molar-refractivity contribution in [2.24, 2.45) is 0 Å². The Labute approximate surface area is 219 Å². The van der Waals surface area contributed by atoms with Gasteiger partial charge in [-0.1, -0.05) is 18.2 Å². The fraction of sp³-hybridized carbons (Fsp3) is 0.407. The molecule has 2 fully saturated rings. The maximum Gasteiger partial charge on any atom is 0.333 e. The lowest BCUT2D eigenvalue weighted by Crippen LogP contribution is -2.44. The highest BCUT2D eigenvalue weighted by Gasteiger charge is 2.29. The van der Waals surface area contributed by atoms with Crippen LogP contribution < -0.4 is 0 Å². The summed E-state index contributed by atoms with van der Waals surface area (Å²) in [6, 6.07) is 10.6. The molecule has 0 radical (unpaired) electrons. The smallest absolute Gasteiger partial charge is 0.333 e. The number of fused-ring (bicyclic) bond motifs is 1. The van der Waals surface area contributed by atoms with Crippen molar-refractivity contribution in [3.8, 4) is 11.1 Å². The molecule has 0 bridgehead atoms. The Kier molecular flexibility index (Phi) is 6.75. The summed E-state index contributed by atoms with van der Waals surface area (Å²) in [7, 11) is -3.96. The van der Waals surface area contributed by atoms with E-state index in [2.05, 4.69) is 15.0 Å². The third-order valence-electron chi connectivity index (χ3n) is 7.78. The molecule has 2 aliphatic rings. The van der Waals surface area contributed by atoms with Crippen LogP contribution in [0.2, 0.25) is 0 Å². The predicted octanol–water partition coefficient (Wildman–Crippen LogP) is 4.89. The number of ether oxygens (including phenoxy) is 1. The highest BCUT2D eigenvalue weighted by atomic mass is 32.2. The van der Waals surface area contributed by atoms with Gasteiger partial charge in [-0.15, -0.1) is 0 Å². The minimum atomic E-state index is -3.96. The zero-order valence-corrected chi connectivity index (χ0v) is 21.6. The summed E-state index contributed by atoms with van der Waals surface area (Å²) in [4.78, 5) is 7.27. The van der Waals surface area contributed by atoms with Crippen molar-refractivity contribution in [2.45, 2.75) is 49.1 Å². The number of hydrogen-bond acceptors (Lipinski definition) is 6. The number of pyridine rings is 1. The predicted molar refractivity (Wildman–Crippen MR) is 139 cm³/mol. The largest absolute Gasteiger partial charge is 0.379 e. The Balaban J connectivity index is 1.38. The van der Waals surface area contributed by atoms with Gasteiger partial charge in [-0.25, -0.2) is 22.1 Å². The summed E-state index contributed by atoms with van der Waals surface area (Å²) in [6.45, 7) is 0.729. The molecule has 0 spiro atoms. The molecule has 11 heteroatoms.